The first-order valence-electron chi connectivity index (χ1n) is 3.94. The highest BCUT2D eigenvalue weighted by Crippen LogP contribution is 2.41. The van der Waals surface area contributed by atoms with Gasteiger partial charge in [0.2, 0.25) is 0 Å². The summed E-state index contributed by atoms with van der Waals surface area (Å²) in [5, 5.41) is 8.28. The first kappa shape index (κ1) is 11.7. The van der Waals surface area contributed by atoms with Gasteiger partial charge in [-0.05, 0) is 12.1 Å². The summed E-state index contributed by atoms with van der Waals surface area (Å²) in [6.45, 7) is 0. The van der Waals surface area contributed by atoms with Crippen LogP contribution in [-0.2, 0) is 14.0 Å². The van der Waals surface area contributed by atoms with Gasteiger partial charge in [0.1, 0.15) is 0 Å². The molecule has 0 saturated carbocycles. The van der Waals surface area contributed by atoms with Crippen molar-refractivity contribution in [3.05, 3.63) is 30.3 Å². The lowest BCUT2D eigenvalue weighted by Crippen LogP contribution is -2.07. The Hall–Kier alpha value is -1.36. The summed E-state index contributed by atoms with van der Waals surface area (Å²) in [7, 11) is -4.24. The van der Waals surface area contributed by atoms with Crippen molar-refractivity contribution in [3.8, 4) is 5.75 Å². The number of para-hydroxylation sites is 1. The van der Waals surface area contributed by atoms with Crippen LogP contribution in [-0.4, -0.2) is 22.1 Å². The molecule has 0 amide bonds. The highest BCUT2D eigenvalue weighted by molar-refractivity contribution is 7.53. The zero-order valence-electron chi connectivity index (χ0n) is 7.57. The zero-order valence-corrected chi connectivity index (χ0v) is 8.46. The average molecular weight is 232 g/mol. The molecule has 0 aliphatic rings. The molecule has 0 radical (unpaired) electrons. The largest absolute Gasteiger partial charge is 0.481 e. The van der Waals surface area contributed by atoms with E-state index in [0.29, 0.717) is 0 Å². The van der Waals surface area contributed by atoms with Crippen molar-refractivity contribution in [1.82, 2.24) is 0 Å². The number of carboxylic acid groups (broad SMARTS) is 1. The van der Waals surface area contributed by atoms with Crippen LogP contribution < -0.4 is 4.89 Å². The molecule has 1 atom stereocenters. The summed E-state index contributed by atoms with van der Waals surface area (Å²) in [6.07, 6.45) is -1.00. The maximum absolute atomic E-state index is 11.0. The number of rotatable bonds is 5. The molecule has 1 aromatic rings. The van der Waals surface area contributed by atoms with Gasteiger partial charge in [0.05, 0.1) is 0 Å². The summed E-state index contributed by atoms with van der Waals surface area (Å²) >= 11 is 0. The smallest absolute Gasteiger partial charge is 0.377 e. The third kappa shape index (κ3) is 4.60. The molecule has 0 fully saturated rings. The first-order valence-corrected chi connectivity index (χ1v) is 5.71. The second-order valence-electron chi connectivity index (χ2n) is 2.66. The van der Waals surface area contributed by atoms with Crippen molar-refractivity contribution in [2.24, 2.45) is 0 Å². The summed E-state index contributed by atoms with van der Waals surface area (Å²) in [6, 6.07) is 8.00. The number of benzene rings is 1. The monoisotopic (exact) mass is 232 g/mol. The minimum Gasteiger partial charge on any atom is -0.481 e. The molecule has 7 heteroatoms. The van der Waals surface area contributed by atoms with Gasteiger partial charge >= 0.3 is 13.6 Å². The molecule has 0 aromatic heterocycles. The average Bonchev–Trinajstić information content (AvgIpc) is 2.15. The number of aliphatic carboxylic acids is 1. The lowest BCUT2D eigenvalue weighted by atomic mass is 10.3. The van der Waals surface area contributed by atoms with Crippen molar-refractivity contribution in [1.29, 1.82) is 0 Å². The maximum atomic E-state index is 11.0. The molecule has 0 aliphatic carbocycles. The van der Waals surface area contributed by atoms with E-state index in [1.807, 2.05) is 0 Å². The van der Waals surface area contributed by atoms with Crippen molar-refractivity contribution in [2.75, 3.05) is 6.16 Å². The van der Waals surface area contributed by atoms with E-state index in [1.165, 1.54) is 12.1 Å². The highest BCUT2D eigenvalue weighted by atomic mass is 31.2. The Morgan fingerprint density at radius 3 is 2.47 bits per heavy atom. The summed E-state index contributed by atoms with van der Waals surface area (Å²) < 4.78 is 15.2. The molecule has 6 nitrogen and oxygen atoms in total. The van der Waals surface area contributed by atoms with E-state index in [-0.39, 0.29) is 5.75 Å². The van der Waals surface area contributed by atoms with E-state index in [1.54, 1.807) is 18.2 Å². The Morgan fingerprint density at radius 2 is 1.93 bits per heavy atom. The molecule has 1 aromatic carbocycles. The van der Waals surface area contributed by atoms with Crippen LogP contribution in [0.3, 0.4) is 0 Å². The standard InChI is InChI=1S/C8H9O6P/c9-8(10)6-15(11,12)14-13-7-4-2-1-3-5-7/h1-5H,6H2,(H,9,10)(H,11,12). The van der Waals surface area contributed by atoms with Crippen LogP contribution in [0.15, 0.2) is 30.3 Å². The van der Waals surface area contributed by atoms with Gasteiger partial charge in [-0.2, -0.15) is 0 Å². The molecule has 82 valence electrons. The van der Waals surface area contributed by atoms with E-state index in [2.05, 4.69) is 9.56 Å². The normalized spacial score (nSPS) is 14.2. The molecule has 0 spiro atoms. The molecular weight excluding hydrogens is 223 g/mol. The van der Waals surface area contributed by atoms with Crippen LogP contribution in [0.1, 0.15) is 0 Å². The van der Waals surface area contributed by atoms with Gasteiger partial charge in [0.15, 0.2) is 11.9 Å². The molecule has 15 heavy (non-hydrogen) atoms. The Morgan fingerprint density at radius 1 is 1.33 bits per heavy atom. The number of carboxylic acids is 1. The lowest BCUT2D eigenvalue weighted by molar-refractivity contribution is -0.136. The second kappa shape index (κ2) is 4.93. The zero-order chi connectivity index (χ0) is 11.3. The SMILES string of the molecule is O=C(O)CP(=O)(O)OOc1ccccc1. The van der Waals surface area contributed by atoms with Crippen LogP contribution in [0.5, 0.6) is 5.75 Å². The third-order valence-electron chi connectivity index (χ3n) is 1.33. The predicted octanol–water partition coefficient (Wildman–Crippen LogP) is 1.27. The van der Waals surface area contributed by atoms with Crippen molar-refractivity contribution >= 4 is 13.6 Å². The topological polar surface area (TPSA) is 93.1 Å². The highest BCUT2D eigenvalue weighted by Gasteiger charge is 2.25. The van der Waals surface area contributed by atoms with Crippen LogP contribution in [0, 0.1) is 0 Å². The Labute approximate surface area is 85.5 Å². The summed E-state index contributed by atoms with van der Waals surface area (Å²) in [5.74, 6) is -1.21. The van der Waals surface area contributed by atoms with Crippen LogP contribution >= 0.6 is 7.60 Å². The van der Waals surface area contributed by atoms with Gasteiger partial charge in [-0.1, -0.05) is 22.9 Å². The molecule has 1 unspecified atom stereocenters. The lowest BCUT2D eigenvalue weighted by Gasteiger charge is -2.08. The first-order chi connectivity index (χ1) is 6.99. The third-order valence-corrected chi connectivity index (χ3v) is 2.31. The fourth-order valence-corrected chi connectivity index (χ4v) is 1.37. The van der Waals surface area contributed by atoms with E-state index in [9.17, 15) is 9.36 Å². The molecule has 2 N–H and O–H groups in total. The van der Waals surface area contributed by atoms with Crippen molar-refractivity contribution < 1.29 is 28.9 Å². The van der Waals surface area contributed by atoms with Crippen LogP contribution in [0.2, 0.25) is 0 Å². The van der Waals surface area contributed by atoms with E-state index < -0.39 is 19.7 Å². The van der Waals surface area contributed by atoms with E-state index in [0.717, 1.165) is 0 Å². The molecule has 0 aliphatic heterocycles. The van der Waals surface area contributed by atoms with Gasteiger partial charge in [-0.25, -0.2) is 0 Å². The molecule has 0 heterocycles. The predicted molar refractivity (Wildman–Crippen MR) is 50.5 cm³/mol. The van der Waals surface area contributed by atoms with Gasteiger partial charge < -0.3 is 14.9 Å². The number of hydrogen-bond acceptors (Lipinski definition) is 4. The summed E-state index contributed by atoms with van der Waals surface area (Å²) in [5.41, 5.74) is 0. The maximum Gasteiger partial charge on any atom is 0.377 e. The fraction of sp³-hybridized carbons (Fsp3) is 0.125. The molecular formula is C8H9O6P. The minimum absolute atomic E-state index is 0.220. The number of hydrogen-bond donors (Lipinski definition) is 2. The minimum atomic E-state index is -4.24. The van der Waals surface area contributed by atoms with E-state index in [4.69, 9.17) is 10.00 Å². The molecule has 0 saturated heterocycles. The quantitative estimate of drug-likeness (QED) is 0.451. The van der Waals surface area contributed by atoms with Crippen molar-refractivity contribution in [2.45, 2.75) is 0 Å². The fourth-order valence-electron chi connectivity index (χ4n) is 0.775. The number of carbonyl (C=O) groups is 1. The Bertz CT molecular complexity index is 376. The van der Waals surface area contributed by atoms with Crippen LogP contribution in [0.25, 0.3) is 0 Å². The Kier molecular flexibility index (Phi) is 3.85. The van der Waals surface area contributed by atoms with Gasteiger partial charge in [-0.3, -0.25) is 9.36 Å². The van der Waals surface area contributed by atoms with Crippen LogP contribution in [0.4, 0.5) is 0 Å². The van der Waals surface area contributed by atoms with Gasteiger partial charge in [-0.15, -0.1) is 0 Å². The van der Waals surface area contributed by atoms with Gasteiger partial charge in [0.25, 0.3) is 0 Å². The molecule has 1 rings (SSSR count). The van der Waals surface area contributed by atoms with Gasteiger partial charge in [0, 0.05) is 0 Å². The summed E-state index contributed by atoms with van der Waals surface area (Å²) in [4.78, 5) is 23.6. The molecule has 0 bridgehead atoms. The Balaban J connectivity index is 2.50. The second-order valence-corrected chi connectivity index (χ2v) is 4.40. The van der Waals surface area contributed by atoms with E-state index >= 15 is 0 Å². The van der Waals surface area contributed by atoms with Crippen molar-refractivity contribution in [3.63, 3.8) is 0 Å².